The van der Waals surface area contributed by atoms with Gasteiger partial charge in [0.05, 0.1) is 12.9 Å². The van der Waals surface area contributed by atoms with Gasteiger partial charge in [-0.3, -0.25) is 19.2 Å². The lowest BCUT2D eigenvalue weighted by molar-refractivity contribution is -0.137. The average molecular weight is 547 g/mol. The Morgan fingerprint density at radius 1 is 1.05 bits per heavy atom. The van der Waals surface area contributed by atoms with E-state index >= 15 is 0 Å². The van der Waals surface area contributed by atoms with E-state index in [1.54, 1.807) is 13.0 Å². The molecule has 39 heavy (non-hydrogen) atoms. The molecule has 1 aromatic rings. The average Bonchev–Trinajstić information content (AvgIpc) is 3.53. The summed E-state index contributed by atoms with van der Waals surface area (Å²) >= 11 is 0. The molecule has 0 radical (unpaired) electrons. The molecule has 1 aliphatic rings. The first kappa shape index (κ1) is 31.6. The number of ether oxygens (including phenoxy) is 1. The molecule has 1 fully saturated rings. The number of rotatable bonds is 15. The maximum Gasteiger partial charge on any atom is 0.330 e. The summed E-state index contributed by atoms with van der Waals surface area (Å²) in [5.74, 6) is -2.19. The van der Waals surface area contributed by atoms with E-state index in [2.05, 4.69) is 21.3 Å². The number of carbonyl (C=O) groups excluding carboxylic acids is 5. The first-order valence-electron chi connectivity index (χ1n) is 13.6. The zero-order valence-electron chi connectivity index (χ0n) is 23.5. The lowest BCUT2D eigenvalue weighted by Crippen LogP contribution is -2.55. The van der Waals surface area contributed by atoms with Gasteiger partial charge < -0.3 is 30.4 Å². The molecular formula is C28H42N4O7. The maximum atomic E-state index is 13.4. The molecule has 0 aromatic carbocycles. The van der Waals surface area contributed by atoms with E-state index in [4.69, 9.17) is 9.15 Å². The molecule has 4 amide bonds. The highest BCUT2D eigenvalue weighted by Crippen LogP contribution is 2.18. The van der Waals surface area contributed by atoms with Gasteiger partial charge in [0.25, 0.3) is 5.91 Å². The molecule has 4 N–H and O–H groups in total. The van der Waals surface area contributed by atoms with Crippen molar-refractivity contribution in [3.8, 4) is 0 Å². The van der Waals surface area contributed by atoms with Crippen LogP contribution in [0, 0.1) is 17.8 Å². The number of hydrogen-bond donors (Lipinski definition) is 4. The highest BCUT2D eigenvalue weighted by atomic mass is 16.5. The molecule has 2 rings (SSSR count). The smallest absolute Gasteiger partial charge is 0.330 e. The zero-order chi connectivity index (χ0) is 28.9. The summed E-state index contributed by atoms with van der Waals surface area (Å²) in [5.41, 5.74) is 0. The van der Waals surface area contributed by atoms with Crippen LogP contribution in [0.3, 0.4) is 0 Å². The normalized spacial score (nSPS) is 17.5. The molecular weight excluding hydrogens is 504 g/mol. The van der Waals surface area contributed by atoms with Gasteiger partial charge in [-0.2, -0.15) is 0 Å². The second-order valence-electron chi connectivity index (χ2n) is 10.6. The van der Waals surface area contributed by atoms with E-state index in [9.17, 15) is 24.0 Å². The van der Waals surface area contributed by atoms with Crippen LogP contribution < -0.4 is 21.3 Å². The molecule has 1 aromatic heterocycles. The standard InChI is InChI=1S/C28H42N4O7/c1-6-38-24(33)10-9-20(16-19-11-12-29-25(19)34)30-26(35)21(14-17(2)3)31-27(36)22(15-18(4)5)32-28(37)23-8-7-13-39-23/h7-10,13,17-22H,6,11-12,14-16H2,1-5H3,(H,29,34)(H,30,35)(H,31,36)(H,32,37)/t19-,20+,21-,22-/m0/s1. The number of nitrogens with one attached hydrogen (secondary N) is 4. The molecule has 2 heterocycles. The Hall–Kier alpha value is -3.63. The van der Waals surface area contributed by atoms with Crippen molar-refractivity contribution in [2.45, 2.75) is 78.4 Å². The van der Waals surface area contributed by atoms with Gasteiger partial charge in [-0.15, -0.1) is 0 Å². The van der Waals surface area contributed by atoms with Crippen LogP contribution in [0.1, 0.15) is 70.9 Å². The molecule has 1 aliphatic heterocycles. The minimum absolute atomic E-state index is 0.0662. The summed E-state index contributed by atoms with van der Waals surface area (Å²) < 4.78 is 10.1. The molecule has 0 aliphatic carbocycles. The van der Waals surface area contributed by atoms with Crippen LogP contribution in [-0.4, -0.2) is 60.9 Å². The third-order valence-electron chi connectivity index (χ3n) is 6.19. The van der Waals surface area contributed by atoms with Gasteiger partial charge in [0, 0.05) is 24.6 Å². The number of amides is 4. The lowest BCUT2D eigenvalue weighted by Gasteiger charge is -2.26. The van der Waals surface area contributed by atoms with Crippen molar-refractivity contribution in [1.29, 1.82) is 0 Å². The monoisotopic (exact) mass is 546 g/mol. The van der Waals surface area contributed by atoms with Crippen molar-refractivity contribution in [2.75, 3.05) is 13.2 Å². The molecule has 0 bridgehead atoms. The van der Waals surface area contributed by atoms with Crippen molar-refractivity contribution in [2.24, 2.45) is 17.8 Å². The van der Waals surface area contributed by atoms with Crippen LogP contribution >= 0.6 is 0 Å². The van der Waals surface area contributed by atoms with Crippen molar-refractivity contribution in [1.82, 2.24) is 21.3 Å². The zero-order valence-corrected chi connectivity index (χ0v) is 23.5. The SMILES string of the molecule is CCOC(=O)C=C[C@H](C[C@@H]1CCNC1=O)NC(=O)[C@H](CC(C)C)NC(=O)[C@H](CC(C)C)NC(=O)c1ccco1. The number of esters is 1. The predicted molar refractivity (Wildman–Crippen MR) is 144 cm³/mol. The number of furan rings is 1. The van der Waals surface area contributed by atoms with Gasteiger partial charge >= 0.3 is 5.97 Å². The fourth-order valence-electron chi connectivity index (χ4n) is 4.35. The van der Waals surface area contributed by atoms with Crippen LogP contribution in [-0.2, 0) is 23.9 Å². The minimum Gasteiger partial charge on any atom is -0.463 e. The minimum atomic E-state index is -0.899. The van der Waals surface area contributed by atoms with E-state index in [-0.39, 0.29) is 36.0 Å². The van der Waals surface area contributed by atoms with Crippen LogP contribution in [0.4, 0.5) is 0 Å². The summed E-state index contributed by atoms with van der Waals surface area (Å²) in [4.78, 5) is 63.4. The van der Waals surface area contributed by atoms with Gasteiger partial charge in [-0.1, -0.05) is 33.8 Å². The van der Waals surface area contributed by atoms with Crippen molar-refractivity contribution in [3.05, 3.63) is 36.3 Å². The highest BCUT2D eigenvalue weighted by molar-refractivity contribution is 5.96. The maximum absolute atomic E-state index is 13.4. The van der Waals surface area contributed by atoms with E-state index < -0.39 is 41.8 Å². The molecule has 11 heteroatoms. The summed E-state index contributed by atoms with van der Waals surface area (Å²) in [6, 6.07) is 0.670. The molecule has 0 unspecified atom stereocenters. The van der Waals surface area contributed by atoms with E-state index in [0.717, 1.165) is 0 Å². The topological polar surface area (TPSA) is 156 Å². The van der Waals surface area contributed by atoms with E-state index in [0.29, 0.717) is 32.2 Å². The quantitative estimate of drug-likeness (QED) is 0.194. The van der Waals surface area contributed by atoms with Gasteiger partial charge in [-0.05, 0) is 56.6 Å². The van der Waals surface area contributed by atoms with E-state index in [1.807, 2.05) is 27.7 Å². The van der Waals surface area contributed by atoms with Gasteiger partial charge in [0.2, 0.25) is 17.7 Å². The third kappa shape index (κ3) is 10.9. The van der Waals surface area contributed by atoms with Gasteiger partial charge in [0.15, 0.2) is 5.76 Å². The summed E-state index contributed by atoms with van der Waals surface area (Å²) in [6.07, 6.45) is 5.74. The summed E-state index contributed by atoms with van der Waals surface area (Å²) in [7, 11) is 0. The van der Waals surface area contributed by atoms with Crippen molar-refractivity contribution >= 4 is 29.6 Å². The largest absolute Gasteiger partial charge is 0.463 e. The Kier molecular flexibility index (Phi) is 12.7. The van der Waals surface area contributed by atoms with Gasteiger partial charge in [0.1, 0.15) is 12.1 Å². The Morgan fingerprint density at radius 2 is 1.69 bits per heavy atom. The Morgan fingerprint density at radius 3 is 2.23 bits per heavy atom. The molecule has 0 spiro atoms. The van der Waals surface area contributed by atoms with Gasteiger partial charge in [-0.25, -0.2) is 4.79 Å². The number of carbonyl (C=O) groups is 5. The highest BCUT2D eigenvalue weighted by Gasteiger charge is 2.31. The fourth-order valence-corrected chi connectivity index (χ4v) is 4.35. The predicted octanol–water partition coefficient (Wildman–Crippen LogP) is 2.09. The van der Waals surface area contributed by atoms with Crippen LogP contribution in [0.15, 0.2) is 35.0 Å². The Bertz CT molecular complexity index is 1000. The summed E-state index contributed by atoms with van der Waals surface area (Å²) in [6.45, 7) is 10.2. The van der Waals surface area contributed by atoms with Crippen LogP contribution in [0.2, 0.25) is 0 Å². The van der Waals surface area contributed by atoms with Crippen molar-refractivity contribution in [3.63, 3.8) is 0 Å². The lowest BCUT2D eigenvalue weighted by atomic mass is 9.96. The Labute approximate surface area is 229 Å². The number of hydrogen-bond acceptors (Lipinski definition) is 7. The van der Waals surface area contributed by atoms with E-state index in [1.165, 1.54) is 24.5 Å². The summed E-state index contributed by atoms with van der Waals surface area (Å²) in [5, 5.41) is 11.2. The molecule has 11 nitrogen and oxygen atoms in total. The first-order valence-corrected chi connectivity index (χ1v) is 13.6. The van der Waals surface area contributed by atoms with Crippen LogP contribution in [0.25, 0.3) is 0 Å². The van der Waals surface area contributed by atoms with Crippen molar-refractivity contribution < 1.29 is 33.1 Å². The second kappa shape index (κ2) is 15.7. The molecule has 4 atom stereocenters. The second-order valence-corrected chi connectivity index (χ2v) is 10.6. The van der Waals surface area contributed by atoms with Crippen LogP contribution in [0.5, 0.6) is 0 Å². The Balaban J connectivity index is 2.18. The third-order valence-corrected chi connectivity index (χ3v) is 6.19. The molecule has 216 valence electrons. The first-order chi connectivity index (χ1) is 18.5. The fraction of sp³-hybridized carbons (Fsp3) is 0.607. The molecule has 1 saturated heterocycles. The molecule has 0 saturated carbocycles.